The molecule has 1 N–H and O–H groups in total. The highest BCUT2D eigenvalue weighted by molar-refractivity contribution is 5.30. The topological polar surface area (TPSA) is 34.8 Å². The SMILES string of the molecule is CCn1cc(Cn2cc3c(c2)C(NC)CCC3)cn1. The Morgan fingerprint density at radius 2 is 2.26 bits per heavy atom. The van der Waals surface area contributed by atoms with Crippen LogP contribution in [0.15, 0.2) is 24.8 Å². The average molecular weight is 258 g/mol. The third kappa shape index (κ3) is 2.45. The monoisotopic (exact) mass is 258 g/mol. The Morgan fingerprint density at radius 1 is 1.37 bits per heavy atom. The third-order valence-corrected chi connectivity index (χ3v) is 4.04. The molecule has 0 aliphatic heterocycles. The van der Waals surface area contributed by atoms with E-state index < -0.39 is 0 Å². The van der Waals surface area contributed by atoms with E-state index in [0.29, 0.717) is 6.04 Å². The van der Waals surface area contributed by atoms with Crippen molar-refractivity contribution in [1.29, 1.82) is 0 Å². The van der Waals surface area contributed by atoms with Gasteiger partial charge in [0.2, 0.25) is 0 Å². The first kappa shape index (κ1) is 12.5. The zero-order chi connectivity index (χ0) is 13.2. The largest absolute Gasteiger partial charge is 0.349 e. The van der Waals surface area contributed by atoms with Crippen molar-refractivity contribution in [3.8, 4) is 0 Å². The van der Waals surface area contributed by atoms with Crippen LogP contribution in [-0.2, 0) is 19.5 Å². The standard InChI is InChI=1S/C15H22N4/c1-3-19-9-12(7-17-19)8-18-10-13-5-4-6-15(16-2)14(13)11-18/h7,9-11,15-16H,3-6,8H2,1-2H3. The Labute approximate surface area is 114 Å². The molecule has 0 amide bonds. The van der Waals surface area contributed by atoms with E-state index in [9.17, 15) is 0 Å². The molecule has 0 saturated carbocycles. The van der Waals surface area contributed by atoms with Crippen LogP contribution < -0.4 is 5.32 Å². The lowest BCUT2D eigenvalue weighted by Gasteiger charge is -2.21. The molecule has 0 saturated heterocycles. The summed E-state index contributed by atoms with van der Waals surface area (Å²) in [7, 11) is 2.06. The second-order valence-corrected chi connectivity index (χ2v) is 5.35. The molecule has 1 aliphatic rings. The van der Waals surface area contributed by atoms with Gasteiger partial charge in [-0.3, -0.25) is 4.68 Å². The van der Waals surface area contributed by atoms with Crippen molar-refractivity contribution in [2.45, 2.75) is 45.3 Å². The Kier molecular flexibility index (Phi) is 3.42. The second-order valence-electron chi connectivity index (χ2n) is 5.35. The van der Waals surface area contributed by atoms with E-state index in [4.69, 9.17) is 0 Å². The smallest absolute Gasteiger partial charge is 0.0539 e. The van der Waals surface area contributed by atoms with Gasteiger partial charge in [0.05, 0.1) is 12.7 Å². The highest BCUT2D eigenvalue weighted by Crippen LogP contribution is 2.30. The summed E-state index contributed by atoms with van der Waals surface area (Å²) in [5.74, 6) is 0. The molecule has 19 heavy (non-hydrogen) atoms. The number of hydrogen-bond donors (Lipinski definition) is 1. The van der Waals surface area contributed by atoms with Gasteiger partial charge in [-0.15, -0.1) is 0 Å². The normalized spacial score (nSPS) is 18.5. The molecule has 4 nitrogen and oxygen atoms in total. The van der Waals surface area contributed by atoms with Gasteiger partial charge in [-0.05, 0) is 44.4 Å². The van der Waals surface area contributed by atoms with Gasteiger partial charge in [0, 0.05) is 36.7 Å². The Bertz CT molecular complexity index is 552. The molecule has 1 aliphatic carbocycles. The number of nitrogens with one attached hydrogen (secondary N) is 1. The van der Waals surface area contributed by atoms with Crippen LogP contribution >= 0.6 is 0 Å². The summed E-state index contributed by atoms with van der Waals surface area (Å²) in [6, 6.07) is 0.531. The van der Waals surface area contributed by atoms with E-state index in [0.717, 1.165) is 13.1 Å². The van der Waals surface area contributed by atoms with Gasteiger partial charge in [-0.1, -0.05) is 0 Å². The minimum Gasteiger partial charge on any atom is -0.349 e. The molecule has 102 valence electrons. The van der Waals surface area contributed by atoms with Gasteiger partial charge in [-0.25, -0.2) is 0 Å². The molecule has 2 heterocycles. The number of hydrogen-bond acceptors (Lipinski definition) is 2. The van der Waals surface area contributed by atoms with Crippen LogP contribution in [0.4, 0.5) is 0 Å². The lowest BCUT2D eigenvalue weighted by molar-refractivity contribution is 0.498. The molecular formula is C15H22N4. The Balaban J connectivity index is 1.80. The van der Waals surface area contributed by atoms with E-state index in [1.807, 2.05) is 10.9 Å². The molecule has 0 radical (unpaired) electrons. The molecule has 3 rings (SSSR count). The molecule has 0 fully saturated rings. The predicted octanol–water partition coefficient (Wildman–Crippen LogP) is 2.35. The third-order valence-electron chi connectivity index (χ3n) is 4.04. The van der Waals surface area contributed by atoms with Gasteiger partial charge in [-0.2, -0.15) is 5.10 Å². The zero-order valence-corrected chi connectivity index (χ0v) is 11.8. The quantitative estimate of drug-likeness (QED) is 0.913. The summed E-state index contributed by atoms with van der Waals surface area (Å²) in [5.41, 5.74) is 4.26. The molecule has 2 aromatic rings. The maximum Gasteiger partial charge on any atom is 0.0539 e. The average Bonchev–Trinajstić information content (AvgIpc) is 3.04. The van der Waals surface area contributed by atoms with Gasteiger partial charge < -0.3 is 9.88 Å². The zero-order valence-electron chi connectivity index (χ0n) is 11.8. The summed E-state index contributed by atoms with van der Waals surface area (Å²) in [6.45, 7) is 3.97. The first-order valence-corrected chi connectivity index (χ1v) is 7.17. The number of aryl methyl sites for hydroxylation is 2. The second kappa shape index (κ2) is 5.21. The Morgan fingerprint density at radius 3 is 3.00 bits per heavy atom. The fraction of sp³-hybridized carbons (Fsp3) is 0.533. The Hall–Kier alpha value is -1.55. The summed E-state index contributed by atoms with van der Waals surface area (Å²) in [6.07, 6.45) is 12.5. The molecule has 2 aromatic heterocycles. The molecule has 4 heteroatoms. The summed E-state index contributed by atoms with van der Waals surface area (Å²) >= 11 is 0. The van der Waals surface area contributed by atoms with Gasteiger partial charge in [0.15, 0.2) is 0 Å². The minimum atomic E-state index is 0.531. The van der Waals surface area contributed by atoms with E-state index in [2.05, 4.69) is 47.5 Å². The fourth-order valence-corrected chi connectivity index (χ4v) is 3.01. The lowest BCUT2D eigenvalue weighted by Crippen LogP contribution is -2.20. The first-order valence-electron chi connectivity index (χ1n) is 7.17. The van der Waals surface area contributed by atoms with Crippen molar-refractivity contribution in [1.82, 2.24) is 19.7 Å². The lowest BCUT2D eigenvalue weighted by atomic mass is 9.91. The van der Waals surface area contributed by atoms with Crippen molar-refractivity contribution < 1.29 is 0 Å². The predicted molar refractivity (Wildman–Crippen MR) is 76.2 cm³/mol. The summed E-state index contributed by atoms with van der Waals surface area (Å²) in [4.78, 5) is 0. The fourth-order valence-electron chi connectivity index (χ4n) is 3.01. The van der Waals surface area contributed by atoms with Crippen molar-refractivity contribution in [2.75, 3.05) is 7.05 Å². The molecule has 0 bridgehead atoms. The summed E-state index contributed by atoms with van der Waals surface area (Å²) in [5, 5.41) is 7.76. The van der Waals surface area contributed by atoms with Crippen LogP contribution in [-0.4, -0.2) is 21.4 Å². The van der Waals surface area contributed by atoms with E-state index in [1.165, 1.54) is 36.0 Å². The number of rotatable bonds is 4. The van der Waals surface area contributed by atoms with Crippen LogP contribution in [0.25, 0.3) is 0 Å². The summed E-state index contributed by atoms with van der Waals surface area (Å²) < 4.78 is 4.28. The number of nitrogens with zero attached hydrogens (tertiary/aromatic N) is 3. The van der Waals surface area contributed by atoms with Crippen LogP contribution in [0.1, 0.15) is 42.5 Å². The van der Waals surface area contributed by atoms with E-state index in [1.54, 1.807) is 0 Å². The van der Waals surface area contributed by atoms with Crippen LogP contribution in [0, 0.1) is 0 Å². The number of aromatic nitrogens is 3. The van der Waals surface area contributed by atoms with Crippen molar-refractivity contribution in [2.24, 2.45) is 0 Å². The minimum absolute atomic E-state index is 0.531. The van der Waals surface area contributed by atoms with Crippen LogP contribution in [0.3, 0.4) is 0 Å². The highest BCUT2D eigenvalue weighted by Gasteiger charge is 2.20. The molecular weight excluding hydrogens is 236 g/mol. The maximum atomic E-state index is 4.33. The van der Waals surface area contributed by atoms with E-state index >= 15 is 0 Å². The van der Waals surface area contributed by atoms with Gasteiger partial charge in [0.25, 0.3) is 0 Å². The molecule has 0 spiro atoms. The van der Waals surface area contributed by atoms with Crippen LogP contribution in [0.5, 0.6) is 0 Å². The first-order chi connectivity index (χ1) is 9.30. The van der Waals surface area contributed by atoms with Gasteiger partial charge in [0.1, 0.15) is 0 Å². The molecule has 1 unspecified atom stereocenters. The van der Waals surface area contributed by atoms with Gasteiger partial charge >= 0.3 is 0 Å². The maximum absolute atomic E-state index is 4.33. The highest BCUT2D eigenvalue weighted by atomic mass is 15.3. The number of fused-ring (bicyclic) bond motifs is 1. The molecule has 1 atom stereocenters. The van der Waals surface area contributed by atoms with Crippen molar-refractivity contribution >= 4 is 0 Å². The molecule has 0 aromatic carbocycles. The van der Waals surface area contributed by atoms with Crippen LogP contribution in [0.2, 0.25) is 0 Å². The van der Waals surface area contributed by atoms with Crippen molar-refractivity contribution in [3.63, 3.8) is 0 Å². The van der Waals surface area contributed by atoms with E-state index in [-0.39, 0.29) is 0 Å². The van der Waals surface area contributed by atoms with Crippen molar-refractivity contribution in [3.05, 3.63) is 41.5 Å².